The van der Waals surface area contributed by atoms with E-state index < -0.39 is 0 Å². The molecule has 0 aliphatic heterocycles. The average Bonchev–Trinajstić information content (AvgIpc) is 2.38. The van der Waals surface area contributed by atoms with Crippen LogP contribution in [0.25, 0.3) is 0 Å². The Hall–Kier alpha value is -0.790. The zero-order chi connectivity index (χ0) is 14.2. The molecule has 1 aromatic carbocycles. The zero-order valence-corrected chi connectivity index (χ0v) is 13.3. The molecule has 110 valence electrons. The fourth-order valence-electron chi connectivity index (χ4n) is 3.01. The highest BCUT2D eigenvalue weighted by Gasteiger charge is 2.15. The summed E-state index contributed by atoms with van der Waals surface area (Å²) in [6.07, 6.45) is 11.5. The van der Waals surface area contributed by atoms with E-state index in [1.807, 2.05) is 12.1 Å². The number of benzene rings is 1. The minimum Gasteiger partial charge on any atom is -0.310 e. The summed E-state index contributed by atoms with van der Waals surface area (Å²) in [5.74, 6) is 0. The summed E-state index contributed by atoms with van der Waals surface area (Å²) >= 11 is 6.10. The van der Waals surface area contributed by atoms with Crippen LogP contribution in [0.2, 0.25) is 5.02 Å². The molecular weight excluding hydrogens is 266 g/mol. The molecule has 0 radical (unpaired) electrons. The Kier molecular flexibility index (Phi) is 6.62. The molecule has 0 fully saturated rings. The predicted octanol–water partition coefficient (Wildman–Crippen LogP) is 5.14. The lowest BCUT2D eigenvalue weighted by Gasteiger charge is -2.23. The molecule has 1 aromatic rings. The Balaban J connectivity index is 2.08. The van der Waals surface area contributed by atoms with E-state index in [0.29, 0.717) is 6.04 Å². The topological polar surface area (TPSA) is 12.0 Å². The molecule has 1 aliphatic carbocycles. The molecule has 0 amide bonds. The van der Waals surface area contributed by atoms with Gasteiger partial charge in [-0.2, -0.15) is 0 Å². The number of nitrogens with one attached hydrogen (secondary N) is 1. The highest BCUT2D eigenvalue weighted by molar-refractivity contribution is 6.30. The van der Waals surface area contributed by atoms with Gasteiger partial charge in [-0.25, -0.2) is 0 Å². The summed E-state index contributed by atoms with van der Waals surface area (Å²) in [4.78, 5) is 0. The Morgan fingerprint density at radius 1 is 1.20 bits per heavy atom. The van der Waals surface area contributed by atoms with Crippen LogP contribution >= 0.6 is 11.6 Å². The molecule has 0 saturated carbocycles. The van der Waals surface area contributed by atoms with Crippen molar-refractivity contribution < 1.29 is 0 Å². The standard InChI is InChI=1S/C18H26ClN/c1-2-20-18(14-15-9-8-12-17(19)13-15)16-10-6-4-3-5-7-11-16/h8-10,12-13,18,20H,2-7,11,14H2,1H3/b16-10+. The lowest BCUT2D eigenvalue weighted by atomic mass is 9.91. The number of allylic oxidation sites excluding steroid dienone is 1. The van der Waals surface area contributed by atoms with Crippen LogP contribution in [0.4, 0.5) is 0 Å². The number of halogens is 1. The van der Waals surface area contributed by atoms with Crippen molar-refractivity contribution in [2.45, 2.75) is 57.9 Å². The molecule has 0 heterocycles. The number of hydrogen-bond donors (Lipinski definition) is 1. The first-order chi connectivity index (χ1) is 9.79. The smallest absolute Gasteiger partial charge is 0.0408 e. The molecular formula is C18H26ClN. The van der Waals surface area contributed by atoms with Crippen molar-refractivity contribution in [2.24, 2.45) is 0 Å². The molecule has 1 unspecified atom stereocenters. The summed E-state index contributed by atoms with van der Waals surface area (Å²) < 4.78 is 0. The van der Waals surface area contributed by atoms with Crippen LogP contribution in [0.1, 0.15) is 51.0 Å². The average molecular weight is 292 g/mol. The van der Waals surface area contributed by atoms with E-state index in [2.05, 4.69) is 30.4 Å². The van der Waals surface area contributed by atoms with Gasteiger partial charge < -0.3 is 5.32 Å². The van der Waals surface area contributed by atoms with E-state index in [4.69, 9.17) is 11.6 Å². The Bertz CT molecular complexity index is 439. The monoisotopic (exact) mass is 291 g/mol. The van der Waals surface area contributed by atoms with Crippen LogP contribution in [-0.4, -0.2) is 12.6 Å². The largest absolute Gasteiger partial charge is 0.310 e. The first-order valence-electron chi connectivity index (χ1n) is 7.96. The van der Waals surface area contributed by atoms with Crippen LogP contribution < -0.4 is 5.32 Å². The van der Waals surface area contributed by atoms with Crippen LogP contribution in [0.3, 0.4) is 0 Å². The highest BCUT2D eigenvalue weighted by Crippen LogP contribution is 2.22. The van der Waals surface area contributed by atoms with Gasteiger partial charge in [-0.1, -0.05) is 55.1 Å². The third-order valence-electron chi connectivity index (χ3n) is 4.05. The summed E-state index contributed by atoms with van der Waals surface area (Å²) in [5.41, 5.74) is 2.93. The summed E-state index contributed by atoms with van der Waals surface area (Å²) in [6, 6.07) is 8.74. The minimum absolute atomic E-state index is 0.469. The second kappa shape index (κ2) is 8.49. The summed E-state index contributed by atoms with van der Waals surface area (Å²) in [6.45, 7) is 3.21. The van der Waals surface area contributed by atoms with Crippen molar-refractivity contribution in [3.8, 4) is 0 Å². The molecule has 2 heteroatoms. The first-order valence-corrected chi connectivity index (χ1v) is 8.34. The van der Waals surface area contributed by atoms with Gasteiger partial charge in [0.25, 0.3) is 0 Å². The Labute approximate surface area is 128 Å². The van der Waals surface area contributed by atoms with Gasteiger partial charge in [-0.15, -0.1) is 0 Å². The van der Waals surface area contributed by atoms with E-state index >= 15 is 0 Å². The Morgan fingerprint density at radius 3 is 2.85 bits per heavy atom. The molecule has 0 bridgehead atoms. The van der Waals surface area contributed by atoms with E-state index in [0.717, 1.165) is 18.0 Å². The highest BCUT2D eigenvalue weighted by atomic mass is 35.5. The summed E-state index contributed by atoms with van der Waals surface area (Å²) in [7, 11) is 0. The second-order valence-corrected chi connectivity index (χ2v) is 6.11. The van der Waals surface area contributed by atoms with Gasteiger partial charge in [0.05, 0.1) is 0 Å². The van der Waals surface area contributed by atoms with Crippen molar-refractivity contribution >= 4 is 11.6 Å². The third-order valence-corrected chi connectivity index (χ3v) is 4.29. The fraction of sp³-hybridized carbons (Fsp3) is 0.556. The second-order valence-electron chi connectivity index (χ2n) is 5.68. The van der Waals surface area contributed by atoms with E-state index in [1.165, 1.54) is 44.1 Å². The molecule has 1 aliphatic rings. The van der Waals surface area contributed by atoms with Crippen LogP contribution in [0, 0.1) is 0 Å². The lowest BCUT2D eigenvalue weighted by molar-refractivity contribution is 0.536. The molecule has 1 N–H and O–H groups in total. The van der Waals surface area contributed by atoms with Crippen molar-refractivity contribution in [3.05, 3.63) is 46.5 Å². The van der Waals surface area contributed by atoms with Crippen LogP contribution in [-0.2, 0) is 6.42 Å². The van der Waals surface area contributed by atoms with Gasteiger partial charge in [0.1, 0.15) is 0 Å². The van der Waals surface area contributed by atoms with Gasteiger partial charge in [0.2, 0.25) is 0 Å². The number of rotatable bonds is 5. The van der Waals surface area contributed by atoms with Gasteiger partial charge in [0, 0.05) is 11.1 Å². The molecule has 1 nitrogen and oxygen atoms in total. The van der Waals surface area contributed by atoms with Gasteiger partial charge in [-0.05, 0) is 56.3 Å². The molecule has 0 spiro atoms. The number of likely N-dealkylation sites (N-methyl/N-ethyl adjacent to an activating group) is 1. The van der Waals surface area contributed by atoms with E-state index in [-0.39, 0.29) is 0 Å². The normalized spacial score (nSPS) is 20.6. The maximum Gasteiger partial charge on any atom is 0.0408 e. The maximum atomic E-state index is 6.10. The van der Waals surface area contributed by atoms with Crippen molar-refractivity contribution in [1.29, 1.82) is 0 Å². The van der Waals surface area contributed by atoms with E-state index in [9.17, 15) is 0 Å². The molecule has 1 atom stereocenters. The van der Waals surface area contributed by atoms with Gasteiger partial charge in [-0.3, -0.25) is 0 Å². The molecule has 0 aromatic heterocycles. The van der Waals surface area contributed by atoms with Crippen molar-refractivity contribution in [1.82, 2.24) is 5.32 Å². The third kappa shape index (κ3) is 4.96. The molecule has 2 rings (SSSR count). The van der Waals surface area contributed by atoms with Crippen molar-refractivity contribution in [2.75, 3.05) is 6.54 Å². The first kappa shape index (κ1) is 15.6. The van der Waals surface area contributed by atoms with Crippen LogP contribution in [0.15, 0.2) is 35.9 Å². The fourth-order valence-corrected chi connectivity index (χ4v) is 3.23. The molecule has 20 heavy (non-hydrogen) atoms. The van der Waals surface area contributed by atoms with Crippen LogP contribution in [0.5, 0.6) is 0 Å². The maximum absolute atomic E-state index is 6.10. The number of hydrogen-bond acceptors (Lipinski definition) is 1. The zero-order valence-electron chi connectivity index (χ0n) is 12.5. The van der Waals surface area contributed by atoms with Gasteiger partial charge in [0.15, 0.2) is 0 Å². The predicted molar refractivity (Wildman–Crippen MR) is 88.4 cm³/mol. The molecule has 0 saturated heterocycles. The SMILES string of the molecule is CCNC(Cc1cccc(Cl)c1)/C1=C/CCCCCC1. The van der Waals surface area contributed by atoms with Gasteiger partial charge >= 0.3 is 0 Å². The lowest BCUT2D eigenvalue weighted by Crippen LogP contribution is -2.33. The van der Waals surface area contributed by atoms with E-state index in [1.54, 1.807) is 5.57 Å². The Morgan fingerprint density at radius 2 is 2.05 bits per heavy atom. The minimum atomic E-state index is 0.469. The van der Waals surface area contributed by atoms with Crippen molar-refractivity contribution in [3.63, 3.8) is 0 Å². The quantitative estimate of drug-likeness (QED) is 0.741. The summed E-state index contributed by atoms with van der Waals surface area (Å²) in [5, 5.41) is 4.49.